The smallest absolute Gasteiger partial charge is 0.244 e. The molecule has 0 heterocycles. The molecule has 1 N–H and O–H groups in total. The normalized spacial score (nSPS) is 13.1. The SMILES string of the molecule is CC[C@H](C)NC(=O)[C@H](CC)N(Cc1c(Cl)cccc1Cl)C(=O)CN(c1cccc(Cl)c1)S(C)(=O)=O. The standard InChI is InChI=1S/C24H30Cl3N3O4S/c1-5-16(3)28-24(32)22(6-2)29(14-19-20(26)11-8-12-21(19)27)23(31)15-30(35(4,33)34)18-10-7-9-17(25)13-18/h7-13,16,22H,5-6,14-15H2,1-4H3,(H,28,32)/t16-,22-/m0/s1. The molecule has 0 aliphatic rings. The predicted molar refractivity (Wildman–Crippen MR) is 143 cm³/mol. The van der Waals surface area contributed by atoms with Gasteiger partial charge < -0.3 is 10.2 Å². The van der Waals surface area contributed by atoms with Crippen molar-refractivity contribution in [3.63, 3.8) is 0 Å². The number of hydrogen-bond donors (Lipinski definition) is 1. The van der Waals surface area contributed by atoms with E-state index in [0.717, 1.165) is 10.6 Å². The minimum atomic E-state index is -3.85. The average Bonchev–Trinajstić information content (AvgIpc) is 2.78. The van der Waals surface area contributed by atoms with E-state index in [-0.39, 0.29) is 24.2 Å². The molecule has 0 aromatic heterocycles. The van der Waals surface area contributed by atoms with Gasteiger partial charge in [-0.1, -0.05) is 60.8 Å². The minimum Gasteiger partial charge on any atom is -0.352 e. The number of hydrogen-bond acceptors (Lipinski definition) is 4. The second kappa shape index (κ2) is 12.8. The Morgan fingerprint density at radius 2 is 1.60 bits per heavy atom. The van der Waals surface area contributed by atoms with Gasteiger partial charge in [-0.25, -0.2) is 8.42 Å². The number of sulfonamides is 1. The first-order valence-corrected chi connectivity index (χ1v) is 14.1. The summed E-state index contributed by atoms with van der Waals surface area (Å²) in [7, 11) is -3.85. The summed E-state index contributed by atoms with van der Waals surface area (Å²) in [5.41, 5.74) is 0.703. The lowest BCUT2D eigenvalue weighted by molar-refractivity contribution is -0.140. The Balaban J connectivity index is 2.50. The highest BCUT2D eigenvalue weighted by Gasteiger charge is 2.33. The van der Waals surface area contributed by atoms with Crippen LogP contribution in [-0.4, -0.2) is 50.0 Å². The molecular weight excluding hydrogens is 533 g/mol. The second-order valence-electron chi connectivity index (χ2n) is 8.21. The van der Waals surface area contributed by atoms with Crippen molar-refractivity contribution in [3.8, 4) is 0 Å². The predicted octanol–water partition coefficient (Wildman–Crippen LogP) is 5.13. The molecule has 35 heavy (non-hydrogen) atoms. The van der Waals surface area contributed by atoms with Gasteiger partial charge in [-0.3, -0.25) is 13.9 Å². The van der Waals surface area contributed by atoms with Crippen molar-refractivity contribution in [2.24, 2.45) is 0 Å². The van der Waals surface area contributed by atoms with Gasteiger partial charge in [-0.2, -0.15) is 0 Å². The highest BCUT2D eigenvalue weighted by atomic mass is 35.5. The fourth-order valence-electron chi connectivity index (χ4n) is 3.46. The molecule has 0 unspecified atom stereocenters. The first kappa shape index (κ1) is 29.2. The molecule has 0 aliphatic carbocycles. The number of amides is 2. The second-order valence-corrected chi connectivity index (χ2v) is 11.4. The van der Waals surface area contributed by atoms with Crippen molar-refractivity contribution in [3.05, 3.63) is 63.1 Å². The zero-order valence-electron chi connectivity index (χ0n) is 20.1. The quantitative estimate of drug-likeness (QED) is 0.411. The molecule has 0 spiro atoms. The van der Waals surface area contributed by atoms with Crippen LogP contribution in [0.2, 0.25) is 15.1 Å². The molecule has 0 bridgehead atoms. The number of carbonyl (C=O) groups is 2. The number of benzene rings is 2. The number of nitrogens with one attached hydrogen (secondary N) is 1. The number of rotatable bonds is 11. The Labute approximate surface area is 222 Å². The Morgan fingerprint density at radius 3 is 2.11 bits per heavy atom. The van der Waals surface area contributed by atoms with E-state index in [1.807, 2.05) is 13.8 Å². The summed E-state index contributed by atoms with van der Waals surface area (Å²) < 4.78 is 26.2. The van der Waals surface area contributed by atoms with Crippen LogP contribution in [-0.2, 0) is 26.2 Å². The van der Waals surface area contributed by atoms with Gasteiger partial charge in [0, 0.05) is 33.2 Å². The highest BCUT2D eigenvalue weighted by Crippen LogP contribution is 2.28. The molecule has 2 aromatic rings. The summed E-state index contributed by atoms with van der Waals surface area (Å²) in [6.07, 6.45) is 2.01. The van der Waals surface area contributed by atoms with Gasteiger partial charge in [0.05, 0.1) is 11.9 Å². The molecule has 11 heteroatoms. The van der Waals surface area contributed by atoms with Gasteiger partial charge in [-0.15, -0.1) is 0 Å². The van der Waals surface area contributed by atoms with E-state index in [0.29, 0.717) is 33.5 Å². The van der Waals surface area contributed by atoms with E-state index in [1.54, 1.807) is 43.3 Å². The van der Waals surface area contributed by atoms with E-state index >= 15 is 0 Å². The lowest BCUT2D eigenvalue weighted by atomic mass is 10.1. The van der Waals surface area contributed by atoms with Crippen LogP contribution in [0.1, 0.15) is 39.2 Å². The van der Waals surface area contributed by atoms with Gasteiger partial charge in [0.2, 0.25) is 21.8 Å². The molecule has 2 aromatic carbocycles. The lowest BCUT2D eigenvalue weighted by Crippen LogP contribution is -2.53. The molecule has 0 fully saturated rings. The number of anilines is 1. The first-order valence-electron chi connectivity index (χ1n) is 11.1. The van der Waals surface area contributed by atoms with Crippen LogP contribution in [0.15, 0.2) is 42.5 Å². The zero-order chi connectivity index (χ0) is 26.3. The van der Waals surface area contributed by atoms with E-state index in [9.17, 15) is 18.0 Å². The maximum atomic E-state index is 13.7. The maximum Gasteiger partial charge on any atom is 0.244 e. The van der Waals surface area contributed by atoms with Crippen molar-refractivity contribution in [1.29, 1.82) is 0 Å². The molecule has 2 amide bonds. The van der Waals surface area contributed by atoms with E-state index in [1.165, 1.54) is 11.0 Å². The van der Waals surface area contributed by atoms with Crippen molar-refractivity contribution in [1.82, 2.24) is 10.2 Å². The fourth-order valence-corrected chi connectivity index (χ4v) is 5.00. The Kier molecular flexibility index (Phi) is 10.7. The molecule has 0 aliphatic heterocycles. The van der Waals surface area contributed by atoms with Gasteiger partial charge >= 0.3 is 0 Å². The Bertz CT molecular complexity index is 1140. The third-order valence-corrected chi connectivity index (χ3v) is 7.64. The molecular formula is C24H30Cl3N3O4S. The highest BCUT2D eigenvalue weighted by molar-refractivity contribution is 7.92. The summed E-state index contributed by atoms with van der Waals surface area (Å²) in [4.78, 5) is 28.1. The monoisotopic (exact) mass is 561 g/mol. The number of nitrogens with zero attached hydrogens (tertiary/aromatic N) is 2. The molecule has 2 rings (SSSR count). The van der Waals surface area contributed by atoms with Gasteiger partial charge in [-0.05, 0) is 50.1 Å². The summed E-state index contributed by atoms with van der Waals surface area (Å²) >= 11 is 18.8. The molecule has 0 radical (unpaired) electrons. The molecule has 192 valence electrons. The third-order valence-electron chi connectivity index (χ3n) is 5.55. The first-order chi connectivity index (χ1) is 16.4. The molecule has 0 saturated heterocycles. The summed E-state index contributed by atoms with van der Waals surface area (Å²) in [5.74, 6) is -0.926. The van der Waals surface area contributed by atoms with Crippen molar-refractivity contribution < 1.29 is 18.0 Å². The van der Waals surface area contributed by atoms with Crippen molar-refractivity contribution in [2.75, 3.05) is 17.1 Å². The molecule has 2 atom stereocenters. The third kappa shape index (κ3) is 8.00. The Hall–Kier alpha value is -2.00. The summed E-state index contributed by atoms with van der Waals surface area (Å²) in [5, 5.41) is 3.90. The maximum absolute atomic E-state index is 13.7. The summed E-state index contributed by atoms with van der Waals surface area (Å²) in [6.45, 7) is 4.98. The van der Waals surface area contributed by atoms with Crippen molar-refractivity contribution in [2.45, 2.75) is 52.2 Å². The Morgan fingerprint density at radius 1 is 1.00 bits per heavy atom. The van der Waals surface area contributed by atoms with Crippen LogP contribution >= 0.6 is 34.8 Å². The van der Waals surface area contributed by atoms with Crippen LogP contribution in [0.4, 0.5) is 5.69 Å². The number of carbonyl (C=O) groups excluding carboxylic acids is 2. The molecule has 0 saturated carbocycles. The van der Waals surface area contributed by atoms with Crippen molar-refractivity contribution >= 4 is 62.3 Å². The van der Waals surface area contributed by atoms with E-state index < -0.39 is 28.5 Å². The molecule has 7 nitrogen and oxygen atoms in total. The largest absolute Gasteiger partial charge is 0.352 e. The van der Waals surface area contributed by atoms with Crippen LogP contribution in [0.25, 0.3) is 0 Å². The van der Waals surface area contributed by atoms with Gasteiger partial charge in [0.1, 0.15) is 12.6 Å². The van der Waals surface area contributed by atoms with Gasteiger partial charge in [0.25, 0.3) is 0 Å². The average molecular weight is 563 g/mol. The minimum absolute atomic E-state index is 0.0725. The van der Waals surface area contributed by atoms with Crippen LogP contribution < -0.4 is 9.62 Å². The topological polar surface area (TPSA) is 86.8 Å². The van der Waals surface area contributed by atoms with Crippen LogP contribution in [0.3, 0.4) is 0 Å². The van der Waals surface area contributed by atoms with E-state index in [2.05, 4.69) is 5.32 Å². The number of halogens is 3. The van der Waals surface area contributed by atoms with Crippen LogP contribution in [0, 0.1) is 0 Å². The van der Waals surface area contributed by atoms with Gasteiger partial charge in [0.15, 0.2) is 0 Å². The lowest BCUT2D eigenvalue weighted by Gasteiger charge is -2.33. The fraction of sp³-hybridized carbons (Fsp3) is 0.417. The van der Waals surface area contributed by atoms with E-state index in [4.69, 9.17) is 34.8 Å². The summed E-state index contributed by atoms with van der Waals surface area (Å²) in [6, 6.07) is 10.2. The van der Waals surface area contributed by atoms with Crippen LogP contribution in [0.5, 0.6) is 0 Å². The zero-order valence-corrected chi connectivity index (χ0v) is 23.2.